The van der Waals surface area contributed by atoms with E-state index in [1.165, 1.54) is 39.9 Å². The number of rotatable bonds is 3. The van der Waals surface area contributed by atoms with Crippen molar-refractivity contribution in [1.82, 2.24) is 8.87 Å². The van der Waals surface area contributed by atoms with Gasteiger partial charge in [-0.05, 0) is 36.4 Å². The van der Waals surface area contributed by atoms with E-state index in [-0.39, 0.29) is 10.5 Å². The molecular weight excluding hydrogens is 469 g/mol. The van der Waals surface area contributed by atoms with Gasteiger partial charge in [0.05, 0.1) is 38.4 Å². The Morgan fingerprint density at radius 1 is 1.10 bits per heavy atom. The Labute approximate surface area is 187 Å². The molecule has 1 aliphatic rings. The molecule has 0 saturated carbocycles. The summed E-state index contributed by atoms with van der Waals surface area (Å²) in [7, 11) is -1.86. The molecule has 0 radical (unpaired) electrons. The lowest BCUT2D eigenvalue weighted by molar-refractivity contribution is 0.0730. The fourth-order valence-electron chi connectivity index (χ4n) is 3.13. The first-order chi connectivity index (χ1) is 14.3. The molecule has 4 rings (SSSR count). The quantitative estimate of drug-likeness (QED) is 0.569. The van der Waals surface area contributed by atoms with E-state index in [4.69, 9.17) is 27.9 Å². The van der Waals surface area contributed by atoms with Gasteiger partial charge in [-0.2, -0.15) is 9.30 Å². The van der Waals surface area contributed by atoms with E-state index < -0.39 is 15.9 Å². The van der Waals surface area contributed by atoms with E-state index >= 15 is 0 Å². The number of nitrogens with zero attached hydrogens (tertiary/aromatic N) is 3. The van der Waals surface area contributed by atoms with Crippen LogP contribution in [0.5, 0.6) is 0 Å². The Morgan fingerprint density at radius 2 is 1.77 bits per heavy atom. The van der Waals surface area contributed by atoms with Gasteiger partial charge in [-0.25, -0.2) is 8.42 Å². The highest BCUT2D eigenvalue weighted by atomic mass is 35.5. The standard InChI is InChI=1S/C19H17Cl2N3O4S2/c1-23-17-15(7-6-14(20)16(17)21)29-19(23)22-18(25)12-2-4-13(5-3-12)30(26,27)24-8-10-28-11-9-24/h2-7H,8-11H2,1H3. The van der Waals surface area contributed by atoms with Crippen LogP contribution in [0.4, 0.5) is 0 Å². The number of halogens is 2. The Balaban J connectivity index is 1.64. The lowest BCUT2D eigenvalue weighted by Gasteiger charge is -2.26. The third-order valence-electron chi connectivity index (χ3n) is 4.76. The Hall–Kier alpha value is -1.75. The van der Waals surface area contributed by atoms with Crippen molar-refractivity contribution in [2.24, 2.45) is 12.0 Å². The molecule has 0 aliphatic carbocycles. The summed E-state index contributed by atoms with van der Waals surface area (Å²) in [6.45, 7) is 1.37. The summed E-state index contributed by atoms with van der Waals surface area (Å²) in [6, 6.07) is 9.31. The van der Waals surface area contributed by atoms with E-state index in [1.54, 1.807) is 17.7 Å². The molecule has 2 heterocycles. The van der Waals surface area contributed by atoms with E-state index in [2.05, 4.69) is 4.99 Å². The highest BCUT2D eigenvalue weighted by Gasteiger charge is 2.26. The summed E-state index contributed by atoms with van der Waals surface area (Å²) < 4.78 is 34.5. The van der Waals surface area contributed by atoms with Crippen LogP contribution < -0.4 is 4.80 Å². The summed E-state index contributed by atoms with van der Waals surface area (Å²) in [5.74, 6) is -0.477. The van der Waals surface area contributed by atoms with Crippen molar-refractivity contribution in [2.45, 2.75) is 4.90 Å². The maximum absolute atomic E-state index is 12.7. The second-order valence-electron chi connectivity index (χ2n) is 6.61. The van der Waals surface area contributed by atoms with Crippen LogP contribution in [0.2, 0.25) is 10.0 Å². The number of ether oxygens (including phenoxy) is 1. The van der Waals surface area contributed by atoms with Gasteiger partial charge >= 0.3 is 0 Å². The third kappa shape index (κ3) is 3.93. The minimum atomic E-state index is -3.61. The number of carbonyl (C=O) groups is 1. The van der Waals surface area contributed by atoms with Crippen molar-refractivity contribution in [2.75, 3.05) is 26.3 Å². The van der Waals surface area contributed by atoms with Crippen LogP contribution in [0.1, 0.15) is 10.4 Å². The SMILES string of the molecule is Cn1c(=NC(=O)c2ccc(S(=O)(=O)N3CCOCC3)cc2)sc2ccc(Cl)c(Cl)c21. The molecule has 0 bridgehead atoms. The lowest BCUT2D eigenvalue weighted by Crippen LogP contribution is -2.40. The van der Waals surface area contributed by atoms with Crippen LogP contribution in [-0.2, 0) is 21.8 Å². The van der Waals surface area contributed by atoms with Crippen molar-refractivity contribution < 1.29 is 17.9 Å². The van der Waals surface area contributed by atoms with Crippen LogP contribution in [0.25, 0.3) is 10.2 Å². The molecule has 0 unspecified atom stereocenters. The molecule has 1 fully saturated rings. The zero-order valence-electron chi connectivity index (χ0n) is 15.8. The first-order valence-corrected chi connectivity index (χ1v) is 12.0. The van der Waals surface area contributed by atoms with Gasteiger partial charge < -0.3 is 9.30 Å². The zero-order chi connectivity index (χ0) is 21.5. The van der Waals surface area contributed by atoms with Crippen molar-refractivity contribution in [3.8, 4) is 0 Å². The summed E-state index contributed by atoms with van der Waals surface area (Å²) >= 11 is 13.7. The van der Waals surface area contributed by atoms with Crippen molar-refractivity contribution in [1.29, 1.82) is 0 Å². The molecule has 1 saturated heterocycles. The molecule has 30 heavy (non-hydrogen) atoms. The molecule has 0 spiro atoms. The predicted molar refractivity (Wildman–Crippen MR) is 117 cm³/mol. The molecule has 1 amide bonds. The topological polar surface area (TPSA) is 81.0 Å². The number of amides is 1. The van der Waals surface area contributed by atoms with E-state index in [0.29, 0.717) is 46.7 Å². The van der Waals surface area contributed by atoms with Crippen LogP contribution >= 0.6 is 34.5 Å². The summed E-state index contributed by atoms with van der Waals surface area (Å²) in [5, 5.41) is 0.826. The number of thiazole rings is 1. The Morgan fingerprint density at radius 3 is 2.43 bits per heavy atom. The average Bonchev–Trinajstić information content (AvgIpc) is 3.07. The van der Waals surface area contributed by atoms with Gasteiger partial charge in [0, 0.05) is 25.7 Å². The molecule has 1 aromatic heterocycles. The van der Waals surface area contributed by atoms with Crippen LogP contribution in [0, 0.1) is 0 Å². The molecule has 1 aliphatic heterocycles. The number of hydrogen-bond acceptors (Lipinski definition) is 5. The van der Waals surface area contributed by atoms with E-state index in [0.717, 1.165) is 4.70 Å². The summed E-state index contributed by atoms with van der Waals surface area (Å²) in [6.07, 6.45) is 0. The average molecular weight is 486 g/mol. The van der Waals surface area contributed by atoms with Crippen molar-refractivity contribution in [3.05, 3.63) is 56.8 Å². The number of benzene rings is 2. The first kappa shape index (κ1) is 21.5. The van der Waals surface area contributed by atoms with Gasteiger partial charge in [0.25, 0.3) is 5.91 Å². The van der Waals surface area contributed by atoms with E-state index in [1.807, 2.05) is 6.07 Å². The number of morpholine rings is 1. The smallest absolute Gasteiger partial charge is 0.279 e. The molecule has 2 aromatic carbocycles. The number of hydrogen-bond donors (Lipinski definition) is 0. The molecular formula is C19H17Cl2N3O4S2. The maximum atomic E-state index is 12.7. The first-order valence-electron chi connectivity index (χ1n) is 8.99. The van der Waals surface area contributed by atoms with Crippen LogP contribution in [-0.4, -0.2) is 49.5 Å². The monoisotopic (exact) mass is 485 g/mol. The highest BCUT2D eigenvalue weighted by molar-refractivity contribution is 7.89. The Kier molecular flexibility index (Phi) is 6.02. The summed E-state index contributed by atoms with van der Waals surface area (Å²) in [5.41, 5.74) is 0.991. The molecule has 3 aromatic rings. The molecule has 7 nitrogen and oxygen atoms in total. The fraction of sp³-hybridized carbons (Fsp3) is 0.263. The number of aryl methyl sites for hydroxylation is 1. The highest BCUT2D eigenvalue weighted by Crippen LogP contribution is 2.31. The Bertz CT molecular complexity index is 1290. The summed E-state index contributed by atoms with van der Waals surface area (Å²) in [4.78, 5) is 17.4. The minimum absolute atomic E-state index is 0.134. The molecule has 0 N–H and O–H groups in total. The number of fused-ring (bicyclic) bond motifs is 1. The maximum Gasteiger partial charge on any atom is 0.279 e. The van der Waals surface area contributed by atoms with Gasteiger partial charge in [-0.3, -0.25) is 4.79 Å². The molecule has 11 heteroatoms. The normalized spacial score (nSPS) is 16.3. The van der Waals surface area contributed by atoms with Gasteiger partial charge in [-0.15, -0.1) is 0 Å². The zero-order valence-corrected chi connectivity index (χ0v) is 19.0. The van der Waals surface area contributed by atoms with Crippen molar-refractivity contribution in [3.63, 3.8) is 0 Å². The van der Waals surface area contributed by atoms with E-state index in [9.17, 15) is 13.2 Å². The second-order valence-corrected chi connectivity index (χ2v) is 10.3. The number of carbonyl (C=O) groups excluding carboxylic acids is 1. The fourth-order valence-corrected chi connectivity index (χ4v) is 6.07. The lowest BCUT2D eigenvalue weighted by atomic mass is 10.2. The van der Waals surface area contributed by atoms with Crippen LogP contribution in [0.15, 0.2) is 46.3 Å². The third-order valence-corrected chi connectivity index (χ3v) is 8.57. The second kappa shape index (κ2) is 8.41. The minimum Gasteiger partial charge on any atom is -0.379 e. The van der Waals surface area contributed by atoms with Gasteiger partial charge in [-0.1, -0.05) is 34.5 Å². The molecule has 158 valence electrons. The van der Waals surface area contributed by atoms with Gasteiger partial charge in [0.2, 0.25) is 10.0 Å². The molecule has 0 atom stereocenters. The van der Waals surface area contributed by atoms with Crippen molar-refractivity contribution >= 4 is 60.7 Å². The largest absolute Gasteiger partial charge is 0.379 e. The predicted octanol–water partition coefficient (Wildman–Crippen LogP) is 3.31. The number of sulfonamides is 1. The number of aromatic nitrogens is 1. The van der Waals surface area contributed by atoms with Crippen LogP contribution in [0.3, 0.4) is 0 Å². The van der Waals surface area contributed by atoms with Gasteiger partial charge in [0.15, 0.2) is 4.80 Å². The van der Waals surface area contributed by atoms with Gasteiger partial charge in [0.1, 0.15) is 0 Å².